The molecule has 14 heavy (non-hydrogen) atoms. The van der Waals surface area contributed by atoms with E-state index in [1.165, 1.54) is 0 Å². The normalized spacial score (nSPS) is 10.1. The molecule has 0 saturated heterocycles. The van der Waals surface area contributed by atoms with Crippen LogP contribution in [0.5, 0.6) is 0 Å². The molecule has 0 aliphatic heterocycles. The molecule has 69 valence electrons. The number of aryl methyl sites for hydroxylation is 1. The molecule has 0 nitrogen and oxygen atoms in total. The van der Waals surface area contributed by atoms with Crippen LogP contribution in [-0.4, -0.2) is 0 Å². The molecule has 0 heterocycles. The van der Waals surface area contributed by atoms with Crippen molar-refractivity contribution in [2.45, 2.75) is 6.92 Å². The molecule has 1 heteroatoms. The molecule has 0 aliphatic carbocycles. The van der Waals surface area contributed by atoms with E-state index in [0.29, 0.717) is 0 Å². The van der Waals surface area contributed by atoms with Gasteiger partial charge in [0.2, 0.25) is 0 Å². The van der Waals surface area contributed by atoms with Crippen LogP contribution in [0.2, 0.25) is 5.02 Å². The van der Waals surface area contributed by atoms with Crippen molar-refractivity contribution in [1.82, 2.24) is 0 Å². The Labute approximate surface area is 89.2 Å². The van der Waals surface area contributed by atoms with E-state index >= 15 is 0 Å². The second-order valence-corrected chi connectivity index (χ2v) is 3.71. The summed E-state index contributed by atoms with van der Waals surface area (Å²) in [5, 5.41) is 0.767. The van der Waals surface area contributed by atoms with Crippen LogP contribution in [0, 0.1) is 13.0 Å². The van der Waals surface area contributed by atoms with Gasteiger partial charge in [-0.25, -0.2) is 0 Å². The summed E-state index contributed by atoms with van der Waals surface area (Å²) in [5.74, 6) is 0. The second-order valence-electron chi connectivity index (χ2n) is 3.27. The molecule has 0 unspecified atom stereocenters. The minimum atomic E-state index is 0.767. The molecule has 2 aromatic rings. The van der Waals surface area contributed by atoms with E-state index in [0.717, 1.165) is 21.7 Å². The molecule has 0 N–H and O–H groups in total. The topological polar surface area (TPSA) is 0 Å². The fourth-order valence-electron chi connectivity index (χ4n) is 1.35. The molecular formula is C13H10Cl. The summed E-state index contributed by atoms with van der Waals surface area (Å²) in [7, 11) is 0. The average molecular weight is 202 g/mol. The second kappa shape index (κ2) is 3.85. The Kier molecular flexibility index (Phi) is 2.55. The Bertz CT molecular complexity index is 429. The summed E-state index contributed by atoms with van der Waals surface area (Å²) in [6, 6.07) is 17.1. The molecule has 0 spiro atoms. The number of hydrogen-bond donors (Lipinski definition) is 0. The Hall–Kier alpha value is -1.27. The van der Waals surface area contributed by atoms with Crippen LogP contribution in [0.15, 0.2) is 42.5 Å². The van der Waals surface area contributed by atoms with Crippen LogP contribution in [0.25, 0.3) is 11.1 Å². The van der Waals surface area contributed by atoms with Crippen LogP contribution < -0.4 is 0 Å². The van der Waals surface area contributed by atoms with E-state index in [1.807, 2.05) is 37.3 Å². The number of hydrogen-bond acceptors (Lipinski definition) is 0. The number of benzene rings is 2. The zero-order valence-corrected chi connectivity index (χ0v) is 8.68. The maximum Gasteiger partial charge on any atom is 0.0412 e. The smallest absolute Gasteiger partial charge is 0.0412 e. The van der Waals surface area contributed by atoms with E-state index in [-0.39, 0.29) is 0 Å². The molecule has 2 rings (SSSR count). The third kappa shape index (κ3) is 1.97. The first kappa shape index (κ1) is 9.29. The molecule has 0 atom stereocenters. The fraction of sp³-hybridized carbons (Fsp3) is 0.0769. The quantitative estimate of drug-likeness (QED) is 0.651. The van der Waals surface area contributed by atoms with Crippen LogP contribution in [0.3, 0.4) is 0 Å². The van der Waals surface area contributed by atoms with Gasteiger partial charge in [-0.2, -0.15) is 0 Å². The van der Waals surface area contributed by atoms with Gasteiger partial charge in [-0.15, -0.1) is 0 Å². The van der Waals surface area contributed by atoms with Crippen molar-refractivity contribution in [1.29, 1.82) is 0 Å². The van der Waals surface area contributed by atoms with Gasteiger partial charge in [0, 0.05) is 5.02 Å². The van der Waals surface area contributed by atoms with Gasteiger partial charge in [0.1, 0.15) is 0 Å². The third-order valence-electron chi connectivity index (χ3n) is 2.13. The average Bonchev–Trinajstić information content (AvgIpc) is 2.19. The lowest BCUT2D eigenvalue weighted by Gasteiger charge is -2.01. The third-order valence-corrected chi connectivity index (χ3v) is 2.36. The summed E-state index contributed by atoms with van der Waals surface area (Å²) in [5.41, 5.74) is 3.43. The monoisotopic (exact) mass is 201 g/mol. The highest BCUT2D eigenvalue weighted by molar-refractivity contribution is 6.30. The Morgan fingerprint density at radius 2 is 1.93 bits per heavy atom. The van der Waals surface area contributed by atoms with Gasteiger partial charge < -0.3 is 0 Å². The largest absolute Gasteiger partial charge is 0.0843 e. The Balaban J connectivity index is 2.44. The van der Waals surface area contributed by atoms with Crippen molar-refractivity contribution in [3.05, 3.63) is 59.1 Å². The van der Waals surface area contributed by atoms with Crippen LogP contribution in [-0.2, 0) is 0 Å². The molecule has 0 bridgehead atoms. The summed E-state index contributed by atoms with van der Waals surface area (Å²) in [4.78, 5) is 0. The van der Waals surface area contributed by atoms with Crippen molar-refractivity contribution in [3.8, 4) is 11.1 Å². The van der Waals surface area contributed by atoms with Crippen molar-refractivity contribution in [2.75, 3.05) is 0 Å². The van der Waals surface area contributed by atoms with E-state index in [1.54, 1.807) is 0 Å². The SMILES string of the molecule is Cc1[c]cc(-c2cccc(Cl)c2)cc1. The molecule has 0 saturated carbocycles. The van der Waals surface area contributed by atoms with Crippen molar-refractivity contribution in [3.63, 3.8) is 0 Å². The summed E-state index contributed by atoms with van der Waals surface area (Å²) >= 11 is 5.92. The summed E-state index contributed by atoms with van der Waals surface area (Å²) < 4.78 is 0. The first-order valence-corrected chi connectivity index (χ1v) is 4.88. The zero-order valence-electron chi connectivity index (χ0n) is 7.92. The minimum Gasteiger partial charge on any atom is -0.0843 e. The highest BCUT2D eigenvalue weighted by Gasteiger charge is 1.97. The molecule has 0 aromatic heterocycles. The van der Waals surface area contributed by atoms with Gasteiger partial charge in [0.15, 0.2) is 0 Å². The maximum atomic E-state index is 5.92. The van der Waals surface area contributed by atoms with Gasteiger partial charge in [-0.3, -0.25) is 0 Å². The van der Waals surface area contributed by atoms with E-state index in [4.69, 9.17) is 11.6 Å². The van der Waals surface area contributed by atoms with Crippen LogP contribution in [0.4, 0.5) is 0 Å². The van der Waals surface area contributed by atoms with E-state index < -0.39 is 0 Å². The van der Waals surface area contributed by atoms with Gasteiger partial charge in [0.25, 0.3) is 0 Å². The Morgan fingerprint density at radius 3 is 2.57 bits per heavy atom. The predicted molar refractivity (Wildman–Crippen MR) is 60.5 cm³/mol. The maximum absolute atomic E-state index is 5.92. The van der Waals surface area contributed by atoms with Crippen LogP contribution >= 0.6 is 11.6 Å². The van der Waals surface area contributed by atoms with Crippen LogP contribution in [0.1, 0.15) is 5.56 Å². The molecular weight excluding hydrogens is 192 g/mol. The van der Waals surface area contributed by atoms with Gasteiger partial charge in [0.05, 0.1) is 0 Å². The molecule has 2 aromatic carbocycles. The lowest BCUT2D eigenvalue weighted by atomic mass is 10.0. The molecule has 0 fully saturated rings. The van der Waals surface area contributed by atoms with Crippen molar-refractivity contribution >= 4 is 11.6 Å². The molecule has 0 aliphatic rings. The van der Waals surface area contributed by atoms with E-state index in [9.17, 15) is 0 Å². The van der Waals surface area contributed by atoms with E-state index in [2.05, 4.69) is 18.2 Å². The molecule has 0 amide bonds. The molecule has 1 radical (unpaired) electrons. The highest BCUT2D eigenvalue weighted by Crippen LogP contribution is 2.22. The van der Waals surface area contributed by atoms with Gasteiger partial charge >= 0.3 is 0 Å². The zero-order chi connectivity index (χ0) is 9.97. The number of halogens is 1. The summed E-state index contributed by atoms with van der Waals surface area (Å²) in [6.45, 7) is 2.03. The van der Waals surface area contributed by atoms with Crippen molar-refractivity contribution in [2.24, 2.45) is 0 Å². The highest BCUT2D eigenvalue weighted by atomic mass is 35.5. The first-order valence-electron chi connectivity index (χ1n) is 4.50. The lowest BCUT2D eigenvalue weighted by Crippen LogP contribution is -1.78. The fourth-order valence-corrected chi connectivity index (χ4v) is 1.54. The summed E-state index contributed by atoms with van der Waals surface area (Å²) in [6.07, 6.45) is 0. The van der Waals surface area contributed by atoms with Crippen molar-refractivity contribution < 1.29 is 0 Å². The van der Waals surface area contributed by atoms with Gasteiger partial charge in [-0.1, -0.05) is 35.9 Å². The Morgan fingerprint density at radius 1 is 1.07 bits per heavy atom. The van der Waals surface area contributed by atoms with Gasteiger partial charge in [-0.05, 0) is 47.9 Å². The standard InChI is InChI=1S/C13H10Cl/c1-10-5-7-11(8-6-10)12-3-2-4-13(14)9-12/h2-5,7-9H,1H3. The number of rotatable bonds is 1. The lowest BCUT2D eigenvalue weighted by molar-refractivity contribution is 1.46. The first-order chi connectivity index (χ1) is 6.75. The minimum absolute atomic E-state index is 0.767. The predicted octanol–water partition coefficient (Wildman–Crippen LogP) is 4.12.